The number of carbonyl (C=O) groups is 2. The maximum Gasteiger partial charge on any atom is 0.253 e. The van der Waals surface area contributed by atoms with Gasteiger partial charge in [-0.15, -0.1) is 0 Å². The van der Waals surface area contributed by atoms with E-state index in [1.165, 1.54) is 19.2 Å². The molecule has 1 atom stereocenters. The lowest BCUT2D eigenvalue weighted by atomic mass is 10.1. The molecule has 2 aromatic carbocycles. The lowest BCUT2D eigenvalue weighted by molar-refractivity contribution is -0.116. The molecule has 1 aliphatic rings. The lowest BCUT2D eigenvalue weighted by Crippen LogP contribution is -2.36. The molecule has 0 spiro atoms. The Hall–Kier alpha value is -2.75. The number of rotatable bonds is 8. The first-order valence-corrected chi connectivity index (χ1v) is 11.5. The number of hydrogen-bond acceptors (Lipinski definition) is 5. The van der Waals surface area contributed by atoms with Gasteiger partial charge in [0.05, 0.1) is 28.8 Å². The fraction of sp³-hybridized carbons (Fsp3) is 0.364. The molecule has 9 heteroatoms. The highest BCUT2D eigenvalue weighted by Gasteiger charge is 2.24. The van der Waals surface area contributed by atoms with Crippen LogP contribution in [0.25, 0.3) is 0 Å². The Morgan fingerprint density at radius 2 is 1.84 bits per heavy atom. The Bertz CT molecular complexity index is 1030. The van der Waals surface area contributed by atoms with Crippen LogP contribution in [0, 0.1) is 6.92 Å². The summed E-state index contributed by atoms with van der Waals surface area (Å²) in [5.41, 5.74) is 1.56. The van der Waals surface area contributed by atoms with Crippen molar-refractivity contribution in [3.63, 3.8) is 0 Å². The minimum atomic E-state index is -3.81. The van der Waals surface area contributed by atoms with Gasteiger partial charge in [0.2, 0.25) is 15.9 Å². The third kappa shape index (κ3) is 5.90. The molecule has 1 aliphatic heterocycles. The average molecular weight is 446 g/mol. The maximum absolute atomic E-state index is 12.7. The largest absolute Gasteiger partial charge is 0.376 e. The van der Waals surface area contributed by atoms with Crippen LogP contribution in [0.15, 0.2) is 53.4 Å². The van der Waals surface area contributed by atoms with Crippen molar-refractivity contribution in [3.8, 4) is 0 Å². The van der Waals surface area contributed by atoms with Crippen LogP contribution < -0.4 is 10.6 Å². The van der Waals surface area contributed by atoms with Crippen LogP contribution in [-0.4, -0.2) is 57.4 Å². The van der Waals surface area contributed by atoms with Gasteiger partial charge in [0.15, 0.2) is 0 Å². The first-order chi connectivity index (χ1) is 14.8. The molecule has 166 valence electrons. The summed E-state index contributed by atoms with van der Waals surface area (Å²) >= 11 is 0. The minimum Gasteiger partial charge on any atom is -0.376 e. The van der Waals surface area contributed by atoms with Crippen LogP contribution in [-0.2, 0) is 19.6 Å². The van der Waals surface area contributed by atoms with Crippen LogP contribution in [0.1, 0.15) is 28.8 Å². The third-order valence-corrected chi connectivity index (χ3v) is 6.87. The Morgan fingerprint density at radius 3 is 2.52 bits per heavy atom. The van der Waals surface area contributed by atoms with Crippen molar-refractivity contribution >= 4 is 27.5 Å². The molecule has 1 heterocycles. The summed E-state index contributed by atoms with van der Waals surface area (Å²) in [7, 11) is -2.47. The molecule has 3 rings (SSSR count). The van der Waals surface area contributed by atoms with E-state index >= 15 is 0 Å². The number of para-hydroxylation sites is 1. The molecule has 1 saturated heterocycles. The number of ether oxygens (including phenoxy) is 1. The highest BCUT2D eigenvalue weighted by Crippen LogP contribution is 2.18. The third-order valence-electron chi connectivity index (χ3n) is 5.06. The van der Waals surface area contributed by atoms with E-state index in [1.54, 1.807) is 36.4 Å². The molecule has 2 amide bonds. The van der Waals surface area contributed by atoms with E-state index in [4.69, 9.17) is 4.74 Å². The number of nitrogens with one attached hydrogen (secondary N) is 2. The zero-order chi connectivity index (χ0) is 22.4. The number of aryl methyl sites for hydroxylation is 1. The Balaban J connectivity index is 1.63. The van der Waals surface area contributed by atoms with Gasteiger partial charge >= 0.3 is 0 Å². The standard InChI is InChI=1S/C22H27N3O5S/c1-16-9-11-18(12-10-16)31(28,29)25(2)15-21(26)24-20-8-4-3-7-19(20)22(27)23-14-17-6-5-13-30-17/h3-4,7-12,17H,5-6,13-15H2,1-2H3,(H,23,27)(H,24,26)/t17-/m1/s1. The van der Waals surface area contributed by atoms with Gasteiger partial charge in [0.25, 0.3) is 5.91 Å². The normalized spacial score (nSPS) is 16.3. The van der Waals surface area contributed by atoms with Crippen molar-refractivity contribution in [2.24, 2.45) is 0 Å². The number of nitrogens with zero attached hydrogens (tertiary/aromatic N) is 1. The fourth-order valence-corrected chi connectivity index (χ4v) is 4.39. The molecule has 0 radical (unpaired) electrons. The summed E-state index contributed by atoms with van der Waals surface area (Å²) in [6.45, 7) is 2.58. The van der Waals surface area contributed by atoms with Crippen LogP contribution >= 0.6 is 0 Å². The Kier molecular flexibility index (Phi) is 7.42. The molecular weight excluding hydrogens is 418 g/mol. The predicted octanol–water partition coefficient (Wildman–Crippen LogP) is 2.16. The van der Waals surface area contributed by atoms with Crippen molar-refractivity contribution < 1.29 is 22.7 Å². The van der Waals surface area contributed by atoms with Crippen molar-refractivity contribution in [1.29, 1.82) is 0 Å². The predicted molar refractivity (Wildman–Crippen MR) is 117 cm³/mol. The van der Waals surface area contributed by atoms with Gasteiger partial charge in [-0.2, -0.15) is 4.31 Å². The number of carbonyl (C=O) groups excluding carboxylic acids is 2. The first kappa shape index (κ1) is 22.9. The summed E-state index contributed by atoms with van der Waals surface area (Å²) in [6, 6.07) is 13.0. The fourth-order valence-electron chi connectivity index (χ4n) is 3.26. The van der Waals surface area contributed by atoms with Crippen LogP contribution in [0.3, 0.4) is 0 Å². The van der Waals surface area contributed by atoms with Crippen LogP contribution in [0.4, 0.5) is 5.69 Å². The minimum absolute atomic E-state index is 0.00586. The number of sulfonamides is 1. The Morgan fingerprint density at radius 1 is 1.13 bits per heavy atom. The molecule has 2 aromatic rings. The Labute approximate surface area is 182 Å². The van der Waals surface area contributed by atoms with Gasteiger partial charge in [0, 0.05) is 20.2 Å². The highest BCUT2D eigenvalue weighted by atomic mass is 32.2. The smallest absolute Gasteiger partial charge is 0.253 e. The topological polar surface area (TPSA) is 105 Å². The van der Waals surface area contributed by atoms with Gasteiger partial charge < -0.3 is 15.4 Å². The zero-order valence-corrected chi connectivity index (χ0v) is 18.4. The van der Waals surface area contributed by atoms with Crippen molar-refractivity contribution in [3.05, 3.63) is 59.7 Å². The second-order valence-corrected chi connectivity index (χ2v) is 9.56. The summed E-state index contributed by atoms with van der Waals surface area (Å²) in [4.78, 5) is 25.2. The number of hydrogen-bond donors (Lipinski definition) is 2. The molecule has 2 N–H and O–H groups in total. The number of likely N-dealkylation sites (N-methyl/N-ethyl adjacent to an activating group) is 1. The monoisotopic (exact) mass is 445 g/mol. The van der Waals surface area contributed by atoms with Crippen molar-refractivity contribution in [2.45, 2.75) is 30.8 Å². The van der Waals surface area contributed by atoms with Gasteiger partial charge in [-0.3, -0.25) is 9.59 Å². The quantitative estimate of drug-likeness (QED) is 0.648. The first-order valence-electron chi connectivity index (χ1n) is 10.1. The number of benzene rings is 2. The van der Waals surface area contributed by atoms with E-state index in [2.05, 4.69) is 10.6 Å². The SMILES string of the molecule is Cc1ccc(S(=O)(=O)N(C)CC(=O)Nc2ccccc2C(=O)NC[C@H]2CCCO2)cc1. The highest BCUT2D eigenvalue weighted by molar-refractivity contribution is 7.89. The molecular formula is C22H27N3O5S. The van der Waals surface area contributed by atoms with E-state index in [0.29, 0.717) is 24.4 Å². The van der Waals surface area contributed by atoms with Gasteiger partial charge in [0.1, 0.15) is 0 Å². The zero-order valence-electron chi connectivity index (χ0n) is 17.6. The average Bonchev–Trinajstić information content (AvgIpc) is 3.26. The second-order valence-electron chi connectivity index (χ2n) is 7.51. The van der Waals surface area contributed by atoms with Crippen molar-refractivity contribution in [1.82, 2.24) is 9.62 Å². The molecule has 0 saturated carbocycles. The van der Waals surface area contributed by atoms with E-state index in [9.17, 15) is 18.0 Å². The summed E-state index contributed by atoms with van der Waals surface area (Å²) in [6.07, 6.45) is 1.89. The molecule has 0 aromatic heterocycles. The maximum atomic E-state index is 12.7. The number of amides is 2. The van der Waals surface area contributed by atoms with E-state index in [-0.39, 0.29) is 23.5 Å². The van der Waals surface area contributed by atoms with Crippen molar-refractivity contribution in [2.75, 3.05) is 32.1 Å². The van der Waals surface area contributed by atoms with Gasteiger partial charge in [-0.05, 0) is 44.0 Å². The molecule has 31 heavy (non-hydrogen) atoms. The van der Waals surface area contributed by atoms with Gasteiger partial charge in [-0.1, -0.05) is 29.8 Å². The lowest BCUT2D eigenvalue weighted by Gasteiger charge is -2.18. The molecule has 8 nitrogen and oxygen atoms in total. The molecule has 1 fully saturated rings. The molecule has 0 aliphatic carbocycles. The summed E-state index contributed by atoms with van der Waals surface area (Å²) < 4.78 is 31.9. The second kappa shape index (κ2) is 10.0. The van der Waals surface area contributed by atoms with Crippen LogP contribution in [0.2, 0.25) is 0 Å². The number of anilines is 1. The van der Waals surface area contributed by atoms with E-state index in [0.717, 1.165) is 22.7 Å². The van der Waals surface area contributed by atoms with E-state index < -0.39 is 15.9 Å². The van der Waals surface area contributed by atoms with Gasteiger partial charge in [-0.25, -0.2) is 8.42 Å². The molecule has 0 bridgehead atoms. The van der Waals surface area contributed by atoms with E-state index in [1.807, 2.05) is 6.92 Å². The van der Waals surface area contributed by atoms with Crippen LogP contribution in [0.5, 0.6) is 0 Å². The molecule has 0 unspecified atom stereocenters. The summed E-state index contributed by atoms with van der Waals surface area (Å²) in [5, 5.41) is 5.47. The summed E-state index contributed by atoms with van der Waals surface area (Å²) in [5.74, 6) is -0.871.